The molecule has 0 unspecified atom stereocenters. The number of hydrogen-bond donors (Lipinski definition) is 4. The Kier molecular flexibility index (Phi) is 23.1. The molecule has 23 heavy (non-hydrogen) atoms. The Morgan fingerprint density at radius 2 is 1.22 bits per heavy atom. The van der Waals surface area contributed by atoms with Gasteiger partial charge in [-0.3, -0.25) is 9.59 Å². The average Bonchev–Trinajstić information content (AvgIpc) is 2.55. The second-order valence-electron chi connectivity index (χ2n) is 3.74. The molecule has 0 spiro atoms. The lowest BCUT2D eigenvalue weighted by Crippen LogP contribution is -2.12. The molecular weight excluding hydrogens is 348 g/mol. The zero-order valence-corrected chi connectivity index (χ0v) is 14.8. The molecule has 0 aliphatic carbocycles. The monoisotopic (exact) mass is 374 g/mol. The topological polar surface area (TPSA) is 112 Å². The van der Waals surface area contributed by atoms with Crippen LogP contribution in [-0.2, 0) is 28.5 Å². The normalized spacial score (nSPS) is 9.74. The van der Waals surface area contributed by atoms with Gasteiger partial charge in [0, 0.05) is 5.75 Å². The molecule has 0 saturated carbocycles. The van der Waals surface area contributed by atoms with Gasteiger partial charge < -0.3 is 29.2 Å². The number of aliphatic hydroxyl groups is 2. The second-order valence-corrected chi connectivity index (χ2v) is 4.51. The zero-order valence-electron chi connectivity index (χ0n) is 13.0. The van der Waals surface area contributed by atoms with Crippen molar-refractivity contribution in [1.29, 1.82) is 0 Å². The number of ether oxygens (including phenoxy) is 4. The Bertz CT molecular complexity index is 279. The van der Waals surface area contributed by atoms with Crippen LogP contribution in [0.2, 0.25) is 0 Å². The highest BCUT2D eigenvalue weighted by Gasteiger charge is 1.99. The molecule has 0 aliphatic heterocycles. The van der Waals surface area contributed by atoms with Crippen molar-refractivity contribution in [3.8, 4) is 0 Å². The van der Waals surface area contributed by atoms with E-state index in [0.29, 0.717) is 25.4 Å². The van der Waals surface area contributed by atoms with Crippen LogP contribution in [0.3, 0.4) is 0 Å². The molecule has 0 aliphatic rings. The van der Waals surface area contributed by atoms with E-state index in [1.54, 1.807) is 0 Å². The van der Waals surface area contributed by atoms with E-state index in [1.165, 1.54) is 0 Å². The van der Waals surface area contributed by atoms with Crippen LogP contribution < -0.4 is 0 Å². The van der Waals surface area contributed by atoms with Crippen molar-refractivity contribution in [3.05, 3.63) is 0 Å². The van der Waals surface area contributed by atoms with Gasteiger partial charge in [-0.2, -0.15) is 25.3 Å². The fourth-order valence-electron chi connectivity index (χ4n) is 0.971. The molecule has 0 amide bonds. The van der Waals surface area contributed by atoms with Crippen molar-refractivity contribution < 1.29 is 38.7 Å². The third-order valence-electron chi connectivity index (χ3n) is 1.90. The third-order valence-corrected chi connectivity index (χ3v) is 2.38. The molecule has 10 heteroatoms. The summed E-state index contributed by atoms with van der Waals surface area (Å²) < 4.78 is 19.0. The Labute approximate surface area is 147 Å². The van der Waals surface area contributed by atoms with Crippen molar-refractivity contribution in [1.82, 2.24) is 0 Å². The van der Waals surface area contributed by atoms with E-state index >= 15 is 0 Å². The zero-order chi connectivity index (χ0) is 17.8. The molecule has 0 atom stereocenters. The number of rotatable bonds is 13. The second kappa shape index (κ2) is 21.5. The summed E-state index contributed by atoms with van der Waals surface area (Å²) in [5.74, 6) is -0.0467. The van der Waals surface area contributed by atoms with Crippen LogP contribution >= 0.6 is 25.3 Å². The summed E-state index contributed by atoms with van der Waals surface area (Å²) in [4.78, 5) is 21.1. The van der Waals surface area contributed by atoms with Gasteiger partial charge in [-0.15, -0.1) is 0 Å². The standard InChI is InChI=1S/C7H14O4S.C6H12O4S/c8-2-3-10-4-5-11-7(9)1-6-12;7-1-2-9-3-4-10-6(8)5-11/h8,12H,1-6H2;7,11H,1-5H2. The van der Waals surface area contributed by atoms with Crippen molar-refractivity contribution in [2.75, 3.05) is 64.4 Å². The van der Waals surface area contributed by atoms with E-state index in [9.17, 15) is 9.59 Å². The minimum atomic E-state index is -0.360. The van der Waals surface area contributed by atoms with E-state index in [-0.39, 0.29) is 57.3 Å². The number of carbonyl (C=O) groups is 2. The fraction of sp³-hybridized carbons (Fsp3) is 0.846. The molecule has 0 aromatic carbocycles. The lowest BCUT2D eigenvalue weighted by Gasteiger charge is -2.03. The number of aliphatic hydroxyl groups excluding tert-OH is 2. The van der Waals surface area contributed by atoms with Crippen LogP contribution in [0.25, 0.3) is 0 Å². The van der Waals surface area contributed by atoms with Gasteiger partial charge >= 0.3 is 11.9 Å². The number of hydrogen-bond acceptors (Lipinski definition) is 10. The van der Waals surface area contributed by atoms with Gasteiger partial charge in [-0.1, -0.05) is 0 Å². The number of thiol groups is 2. The van der Waals surface area contributed by atoms with Crippen LogP contribution in [0.4, 0.5) is 0 Å². The Balaban J connectivity index is 0. The summed E-state index contributed by atoms with van der Waals surface area (Å²) in [5, 5.41) is 16.6. The third kappa shape index (κ3) is 23.9. The molecule has 8 nitrogen and oxygen atoms in total. The maximum atomic E-state index is 10.7. The Morgan fingerprint density at radius 3 is 1.61 bits per heavy atom. The maximum absolute atomic E-state index is 10.7. The minimum absolute atomic E-state index is 0.00934. The maximum Gasteiger partial charge on any atom is 0.315 e. The van der Waals surface area contributed by atoms with E-state index in [4.69, 9.17) is 24.4 Å². The fourth-order valence-corrected chi connectivity index (χ4v) is 1.25. The number of esters is 2. The van der Waals surface area contributed by atoms with Crippen molar-refractivity contribution >= 4 is 37.2 Å². The molecule has 0 fully saturated rings. The molecule has 0 radical (unpaired) electrons. The van der Waals surface area contributed by atoms with Gasteiger partial charge in [0.1, 0.15) is 13.2 Å². The summed E-state index contributed by atoms with van der Waals surface area (Å²) in [6.07, 6.45) is 0.323. The first kappa shape index (κ1) is 24.7. The van der Waals surface area contributed by atoms with Crippen molar-refractivity contribution in [2.45, 2.75) is 6.42 Å². The highest BCUT2D eigenvalue weighted by molar-refractivity contribution is 7.81. The molecule has 138 valence electrons. The predicted octanol–water partition coefficient (Wildman–Crippen LogP) is -0.673. The van der Waals surface area contributed by atoms with Crippen LogP contribution in [0.1, 0.15) is 6.42 Å². The molecule has 0 aromatic heterocycles. The van der Waals surface area contributed by atoms with Crippen molar-refractivity contribution in [2.24, 2.45) is 0 Å². The van der Waals surface area contributed by atoms with Crippen LogP contribution in [0.15, 0.2) is 0 Å². The summed E-state index contributed by atoms with van der Waals surface area (Å²) in [6.45, 7) is 1.65. The summed E-state index contributed by atoms with van der Waals surface area (Å²) in [5.41, 5.74) is 0. The molecule has 0 rings (SSSR count). The lowest BCUT2D eigenvalue weighted by molar-refractivity contribution is -0.145. The van der Waals surface area contributed by atoms with Gasteiger partial charge in [0.05, 0.1) is 51.8 Å². The molecule has 0 saturated heterocycles. The largest absolute Gasteiger partial charge is 0.463 e. The van der Waals surface area contributed by atoms with E-state index in [2.05, 4.69) is 30.0 Å². The lowest BCUT2D eigenvalue weighted by atomic mass is 10.5. The molecule has 0 aromatic rings. The smallest absolute Gasteiger partial charge is 0.315 e. The van der Waals surface area contributed by atoms with Gasteiger partial charge in [-0.05, 0) is 0 Å². The summed E-state index contributed by atoms with van der Waals surface area (Å²) in [7, 11) is 0. The van der Waals surface area contributed by atoms with Gasteiger partial charge in [0.25, 0.3) is 0 Å². The van der Waals surface area contributed by atoms with Crippen LogP contribution in [-0.4, -0.2) is 86.5 Å². The molecular formula is C13H26O8S2. The van der Waals surface area contributed by atoms with Crippen LogP contribution in [0.5, 0.6) is 0 Å². The van der Waals surface area contributed by atoms with Crippen molar-refractivity contribution in [3.63, 3.8) is 0 Å². The summed E-state index contributed by atoms with van der Waals surface area (Å²) in [6, 6.07) is 0. The Morgan fingerprint density at radius 1 is 0.739 bits per heavy atom. The average molecular weight is 374 g/mol. The van der Waals surface area contributed by atoms with Gasteiger partial charge in [0.15, 0.2) is 0 Å². The first-order valence-electron chi connectivity index (χ1n) is 7.02. The molecule has 0 bridgehead atoms. The van der Waals surface area contributed by atoms with Gasteiger partial charge in [0.2, 0.25) is 0 Å². The van der Waals surface area contributed by atoms with Crippen LogP contribution in [0, 0.1) is 0 Å². The summed E-state index contributed by atoms with van der Waals surface area (Å²) >= 11 is 7.58. The molecule has 2 N–H and O–H groups in total. The highest BCUT2D eigenvalue weighted by Crippen LogP contribution is 1.88. The van der Waals surface area contributed by atoms with Gasteiger partial charge in [-0.25, -0.2) is 0 Å². The Hall–Kier alpha value is -0.520. The first-order valence-corrected chi connectivity index (χ1v) is 8.29. The van der Waals surface area contributed by atoms with E-state index < -0.39 is 0 Å². The van der Waals surface area contributed by atoms with E-state index in [0.717, 1.165) is 0 Å². The van der Waals surface area contributed by atoms with E-state index in [1.807, 2.05) is 0 Å². The first-order chi connectivity index (χ1) is 11.1. The quantitative estimate of drug-likeness (QED) is 0.191. The minimum Gasteiger partial charge on any atom is -0.463 e. The molecule has 0 heterocycles. The number of carbonyl (C=O) groups excluding carboxylic acids is 2. The predicted molar refractivity (Wildman–Crippen MR) is 90.1 cm³/mol. The highest BCUT2D eigenvalue weighted by atomic mass is 32.1. The SMILES string of the molecule is O=C(CCS)OCCOCCO.O=C(CS)OCCOCCO.